The zero-order valence-corrected chi connectivity index (χ0v) is 9.82. The molecule has 0 saturated carbocycles. The van der Waals surface area contributed by atoms with Gasteiger partial charge >= 0.3 is 0 Å². The number of oxazole rings is 1. The van der Waals surface area contributed by atoms with E-state index in [9.17, 15) is 0 Å². The highest BCUT2D eigenvalue weighted by molar-refractivity contribution is 6.28. The summed E-state index contributed by atoms with van der Waals surface area (Å²) in [7, 11) is 0. The lowest BCUT2D eigenvalue weighted by Crippen LogP contribution is -1.87. The van der Waals surface area contributed by atoms with Crippen molar-refractivity contribution in [1.82, 2.24) is 4.98 Å². The molecule has 0 atom stereocenters. The predicted octanol–water partition coefficient (Wildman–Crippen LogP) is 4.07. The van der Waals surface area contributed by atoms with Crippen molar-refractivity contribution in [3.05, 3.63) is 65.0 Å². The van der Waals surface area contributed by atoms with Crippen LogP contribution in [-0.2, 0) is 6.42 Å². The fourth-order valence-corrected chi connectivity index (χ4v) is 2.06. The van der Waals surface area contributed by atoms with Gasteiger partial charge in [-0.3, -0.25) is 0 Å². The summed E-state index contributed by atoms with van der Waals surface area (Å²) in [6.45, 7) is 0. The molecule has 0 radical (unpaired) electrons. The maximum Gasteiger partial charge on any atom is 0.293 e. The van der Waals surface area contributed by atoms with Gasteiger partial charge in [0.25, 0.3) is 5.35 Å². The van der Waals surface area contributed by atoms with Gasteiger partial charge in [-0.2, -0.15) is 4.98 Å². The van der Waals surface area contributed by atoms with E-state index < -0.39 is 0 Å². The topological polar surface area (TPSA) is 26.0 Å². The van der Waals surface area contributed by atoms with Crippen LogP contribution in [0.2, 0.25) is 5.35 Å². The Labute approximate surface area is 104 Å². The Balaban J connectivity index is 1.95. The first-order valence-electron chi connectivity index (χ1n) is 5.40. The Hall–Kier alpha value is -1.80. The minimum atomic E-state index is 0.192. The molecule has 0 aliphatic heterocycles. The van der Waals surface area contributed by atoms with E-state index in [0.29, 0.717) is 0 Å². The van der Waals surface area contributed by atoms with Crippen molar-refractivity contribution in [3.63, 3.8) is 0 Å². The number of hydrogen-bond donors (Lipinski definition) is 0. The molecule has 3 aromatic rings. The van der Waals surface area contributed by atoms with Gasteiger partial charge in [-0.25, -0.2) is 0 Å². The molecule has 17 heavy (non-hydrogen) atoms. The van der Waals surface area contributed by atoms with Crippen LogP contribution in [0.15, 0.2) is 52.9 Å². The van der Waals surface area contributed by atoms with E-state index in [1.54, 1.807) is 0 Å². The van der Waals surface area contributed by atoms with Crippen molar-refractivity contribution in [2.24, 2.45) is 0 Å². The molecule has 3 rings (SSSR count). The third kappa shape index (κ3) is 2.17. The molecule has 2 aromatic carbocycles. The van der Waals surface area contributed by atoms with Crippen molar-refractivity contribution >= 4 is 22.7 Å². The molecule has 0 fully saturated rings. The van der Waals surface area contributed by atoms with E-state index in [1.165, 1.54) is 11.1 Å². The average molecular weight is 244 g/mol. The first kappa shape index (κ1) is 10.4. The summed E-state index contributed by atoms with van der Waals surface area (Å²) in [5, 5.41) is 0.192. The Morgan fingerprint density at radius 3 is 2.65 bits per heavy atom. The van der Waals surface area contributed by atoms with Gasteiger partial charge in [-0.15, -0.1) is 0 Å². The number of benzene rings is 2. The fraction of sp³-hybridized carbons (Fsp3) is 0.0714. The molecule has 0 amide bonds. The summed E-state index contributed by atoms with van der Waals surface area (Å²) >= 11 is 5.72. The van der Waals surface area contributed by atoms with E-state index in [1.807, 2.05) is 36.4 Å². The average Bonchev–Trinajstić information content (AvgIpc) is 2.70. The van der Waals surface area contributed by atoms with Gasteiger partial charge in [-0.05, 0) is 41.3 Å². The summed E-state index contributed by atoms with van der Waals surface area (Å²) in [4.78, 5) is 4.11. The number of aromatic nitrogens is 1. The summed E-state index contributed by atoms with van der Waals surface area (Å²) in [5.41, 5.74) is 4.02. The summed E-state index contributed by atoms with van der Waals surface area (Å²) in [5.74, 6) is 0. The smallest absolute Gasteiger partial charge is 0.293 e. The fourth-order valence-electron chi connectivity index (χ4n) is 1.89. The van der Waals surface area contributed by atoms with Crippen LogP contribution in [0, 0.1) is 0 Å². The van der Waals surface area contributed by atoms with E-state index >= 15 is 0 Å². The van der Waals surface area contributed by atoms with E-state index in [4.69, 9.17) is 16.0 Å². The van der Waals surface area contributed by atoms with Crippen molar-refractivity contribution in [3.8, 4) is 0 Å². The van der Waals surface area contributed by atoms with Crippen LogP contribution in [0.5, 0.6) is 0 Å². The molecule has 1 aromatic heterocycles. The van der Waals surface area contributed by atoms with Crippen LogP contribution in [-0.4, -0.2) is 4.98 Å². The lowest BCUT2D eigenvalue weighted by atomic mass is 10.0. The molecule has 0 aliphatic rings. The van der Waals surface area contributed by atoms with Gasteiger partial charge < -0.3 is 4.42 Å². The van der Waals surface area contributed by atoms with Crippen LogP contribution in [0.3, 0.4) is 0 Å². The molecule has 0 saturated heterocycles. The number of halogens is 1. The molecule has 3 heteroatoms. The Bertz CT molecular complexity index is 646. The van der Waals surface area contributed by atoms with Crippen LogP contribution >= 0.6 is 11.6 Å². The highest BCUT2D eigenvalue weighted by Gasteiger charge is 2.04. The zero-order chi connectivity index (χ0) is 11.7. The van der Waals surface area contributed by atoms with E-state index in [-0.39, 0.29) is 5.35 Å². The highest BCUT2D eigenvalue weighted by atomic mass is 35.5. The number of rotatable bonds is 2. The lowest BCUT2D eigenvalue weighted by Gasteiger charge is -2.00. The van der Waals surface area contributed by atoms with Crippen molar-refractivity contribution in [2.45, 2.75) is 6.42 Å². The van der Waals surface area contributed by atoms with Crippen molar-refractivity contribution in [2.75, 3.05) is 0 Å². The summed E-state index contributed by atoms with van der Waals surface area (Å²) in [6.07, 6.45) is 0.890. The molecule has 84 valence electrons. The maximum absolute atomic E-state index is 5.72. The first-order chi connectivity index (χ1) is 8.31. The monoisotopic (exact) mass is 243 g/mol. The number of nitrogens with zero attached hydrogens (tertiary/aromatic N) is 1. The second kappa shape index (κ2) is 4.22. The standard InChI is InChI=1S/C14H10ClNO/c15-14-16-12-9-11(6-7-13(12)17-14)8-10-4-2-1-3-5-10/h1-7,9H,8H2. The molecule has 0 aliphatic carbocycles. The van der Waals surface area contributed by atoms with Gasteiger partial charge in [0.05, 0.1) is 0 Å². The Morgan fingerprint density at radius 1 is 1.00 bits per heavy atom. The Kier molecular flexibility index (Phi) is 2.57. The summed E-state index contributed by atoms with van der Waals surface area (Å²) < 4.78 is 5.23. The van der Waals surface area contributed by atoms with E-state index in [0.717, 1.165) is 17.5 Å². The highest BCUT2D eigenvalue weighted by Crippen LogP contribution is 2.21. The second-order valence-electron chi connectivity index (χ2n) is 3.93. The minimum Gasteiger partial charge on any atom is -0.428 e. The van der Waals surface area contributed by atoms with Crippen molar-refractivity contribution in [1.29, 1.82) is 0 Å². The van der Waals surface area contributed by atoms with Gasteiger partial charge in [0, 0.05) is 0 Å². The van der Waals surface area contributed by atoms with E-state index in [2.05, 4.69) is 17.1 Å². The number of fused-ring (bicyclic) bond motifs is 1. The molecular formula is C14H10ClNO. The van der Waals surface area contributed by atoms with Crippen LogP contribution in [0.1, 0.15) is 11.1 Å². The van der Waals surface area contributed by atoms with Gasteiger partial charge in [0.1, 0.15) is 5.52 Å². The molecular weight excluding hydrogens is 234 g/mol. The minimum absolute atomic E-state index is 0.192. The number of hydrogen-bond acceptors (Lipinski definition) is 2. The zero-order valence-electron chi connectivity index (χ0n) is 9.06. The Morgan fingerprint density at radius 2 is 1.82 bits per heavy atom. The molecule has 0 unspecified atom stereocenters. The molecule has 0 N–H and O–H groups in total. The molecule has 0 bridgehead atoms. The van der Waals surface area contributed by atoms with Gasteiger partial charge in [-0.1, -0.05) is 36.4 Å². The largest absolute Gasteiger partial charge is 0.428 e. The molecule has 2 nitrogen and oxygen atoms in total. The molecule has 0 spiro atoms. The second-order valence-corrected chi connectivity index (χ2v) is 4.25. The lowest BCUT2D eigenvalue weighted by molar-refractivity contribution is 0.604. The van der Waals surface area contributed by atoms with Crippen LogP contribution in [0.4, 0.5) is 0 Å². The first-order valence-corrected chi connectivity index (χ1v) is 5.78. The van der Waals surface area contributed by atoms with Gasteiger partial charge in [0.2, 0.25) is 0 Å². The quantitative estimate of drug-likeness (QED) is 0.678. The van der Waals surface area contributed by atoms with Crippen LogP contribution < -0.4 is 0 Å². The van der Waals surface area contributed by atoms with Gasteiger partial charge in [0.15, 0.2) is 5.58 Å². The van der Waals surface area contributed by atoms with Crippen LogP contribution in [0.25, 0.3) is 11.1 Å². The maximum atomic E-state index is 5.72. The predicted molar refractivity (Wildman–Crippen MR) is 68.3 cm³/mol. The summed E-state index contributed by atoms with van der Waals surface area (Å²) in [6, 6.07) is 16.3. The SMILES string of the molecule is Clc1nc2cc(Cc3ccccc3)ccc2o1. The van der Waals surface area contributed by atoms with Crippen molar-refractivity contribution < 1.29 is 4.42 Å². The molecule has 1 heterocycles. The normalized spacial score (nSPS) is 10.9. The third-order valence-corrected chi connectivity index (χ3v) is 2.84. The third-order valence-electron chi connectivity index (χ3n) is 2.68.